The summed E-state index contributed by atoms with van der Waals surface area (Å²) in [5, 5.41) is 0. The van der Waals surface area contributed by atoms with Crippen molar-refractivity contribution in [1.82, 2.24) is 0 Å². The van der Waals surface area contributed by atoms with E-state index in [2.05, 4.69) is 0 Å². The van der Waals surface area contributed by atoms with Gasteiger partial charge in [0.15, 0.2) is 12.6 Å². The Bertz CT molecular complexity index is 213. The first kappa shape index (κ1) is 13.2. The highest BCUT2D eigenvalue weighted by Gasteiger charge is 2.44. The van der Waals surface area contributed by atoms with E-state index in [1.54, 1.807) is 21.3 Å². The van der Waals surface area contributed by atoms with E-state index in [0.29, 0.717) is 0 Å². The molecule has 0 aromatic heterocycles. The summed E-state index contributed by atoms with van der Waals surface area (Å²) in [4.78, 5) is 0. The first-order chi connectivity index (χ1) is 8.31. The third kappa shape index (κ3) is 2.63. The summed E-state index contributed by atoms with van der Waals surface area (Å²) in [6.45, 7) is 1.46. The Balaban J connectivity index is 2.04. The van der Waals surface area contributed by atoms with Crippen LogP contribution in [0.2, 0.25) is 0 Å². The van der Waals surface area contributed by atoms with Crippen LogP contribution in [0.25, 0.3) is 0 Å². The molecule has 0 spiro atoms. The van der Waals surface area contributed by atoms with Gasteiger partial charge in [0.25, 0.3) is 0 Å². The minimum absolute atomic E-state index is 0.0647. The van der Waals surface area contributed by atoms with Gasteiger partial charge in [0.05, 0.1) is 19.3 Å². The number of hydrogen-bond donors (Lipinski definition) is 0. The van der Waals surface area contributed by atoms with E-state index in [9.17, 15) is 0 Å². The van der Waals surface area contributed by atoms with Crippen molar-refractivity contribution in [3.05, 3.63) is 0 Å². The van der Waals surface area contributed by atoms with Crippen LogP contribution in [0.15, 0.2) is 0 Å². The number of ether oxygens (including phenoxy) is 5. The largest absolute Gasteiger partial charge is 0.380 e. The van der Waals surface area contributed by atoms with Gasteiger partial charge in [-0.2, -0.15) is 0 Å². The lowest BCUT2D eigenvalue weighted by Crippen LogP contribution is -2.40. The topological polar surface area (TPSA) is 46.2 Å². The van der Waals surface area contributed by atoms with Crippen molar-refractivity contribution in [3.63, 3.8) is 0 Å². The maximum Gasteiger partial charge on any atom is 0.162 e. The van der Waals surface area contributed by atoms with Gasteiger partial charge in [-0.3, -0.25) is 0 Å². The molecule has 0 N–H and O–H groups in total. The van der Waals surface area contributed by atoms with Gasteiger partial charge in [-0.1, -0.05) is 0 Å². The molecule has 17 heavy (non-hydrogen) atoms. The summed E-state index contributed by atoms with van der Waals surface area (Å²) >= 11 is 0. The van der Waals surface area contributed by atoms with Crippen molar-refractivity contribution in [2.24, 2.45) is 11.8 Å². The SMILES string of the molecule is COC1OCCC1C(OC)C1CCOC1OC. The monoisotopic (exact) mass is 246 g/mol. The predicted octanol–water partition coefficient (Wildman–Crippen LogP) is 1.02. The van der Waals surface area contributed by atoms with Gasteiger partial charge in [0.1, 0.15) is 0 Å². The molecule has 0 amide bonds. The zero-order chi connectivity index (χ0) is 12.3. The van der Waals surface area contributed by atoms with Gasteiger partial charge in [0, 0.05) is 33.2 Å². The molecule has 0 saturated carbocycles. The molecule has 0 aromatic rings. The number of hydrogen-bond acceptors (Lipinski definition) is 5. The lowest BCUT2D eigenvalue weighted by Gasteiger charge is -2.31. The van der Waals surface area contributed by atoms with E-state index in [4.69, 9.17) is 23.7 Å². The Labute approximate surface area is 102 Å². The van der Waals surface area contributed by atoms with Gasteiger partial charge in [0.2, 0.25) is 0 Å². The fourth-order valence-corrected chi connectivity index (χ4v) is 2.95. The second-order valence-electron chi connectivity index (χ2n) is 4.56. The van der Waals surface area contributed by atoms with Gasteiger partial charge in [-0.15, -0.1) is 0 Å². The van der Waals surface area contributed by atoms with Crippen molar-refractivity contribution in [2.75, 3.05) is 34.5 Å². The number of rotatable bonds is 5. The fraction of sp³-hybridized carbons (Fsp3) is 1.00. The highest BCUT2D eigenvalue weighted by molar-refractivity contribution is 4.87. The average Bonchev–Trinajstić information content (AvgIpc) is 2.98. The molecular weight excluding hydrogens is 224 g/mol. The quantitative estimate of drug-likeness (QED) is 0.724. The molecule has 0 bridgehead atoms. The molecule has 2 saturated heterocycles. The van der Waals surface area contributed by atoms with Crippen molar-refractivity contribution in [1.29, 1.82) is 0 Å². The highest BCUT2D eigenvalue weighted by Crippen LogP contribution is 2.36. The third-order valence-electron chi connectivity index (χ3n) is 3.75. The lowest BCUT2D eigenvalue weighted by molar-refractivity contribution is -0.172. The highest BCUT2D eigenvalue weighted by atomic mass is 16.7. The van der Waals surface area contributed by atoms with Crippen molar-refractivity contribution in [2.45, 2.75) is 31.5 Å². The molecule has 2 fully saturated rings. The summed E-state index contributed by atoms with van der Waals surface area (Å²) < 4.78 is 27.4. The van der Waals surface area contributed by atoms with Crippen LogP contribution in [-0.2, 0) is 23.7 Å². The van der Waals surface area contributed by atoms with Crippen LogP contribution < -0.4 is 0 Å². The van der Waals surface area contributed by atoms with Crippen LogP contribution >= 0.6 is 0 Å². The molecule has 4 unspecified atom stereocenters. The Kier molecular flexibility index (Phi) is 4.76. The summed E-state index contributed by atoms with van der Waals surface area (Å²) in [7, 11) is 5.09. The molecule has 0 aliphatic carbocycles. The van der Waals surface area contributed by atoms with Crippen molar-refractivity contribution >= 4 is 0 Å². The summed E-state index contributed by atoms with van der Waals surface area (Å²) in [5.41, 5.74) is 0. The van der Waals surface area contributed by atoms with E-state index in [1.165, 1.54) is 0 Å². The van der Waals surface area contributed by atoms with Gasteiger partial charge < -0.3 is 23.7 Å². The molecule has 2 rings (SSSR count). The smallest absolute Gasteiger partial charge is 0.162 e. The molecule has 2 aliphatic heterocycles. The van der Waals surface area contributed by atoms with Crippen LogP contribution in [0.5, 0.6) is 0 Å². The molecule has 5 heteroatoms. The minimum atomic E-state index is -0.168. The van der Waals surface area contributed by atoms with Gasteiger partial charge >= 0.3 is 0 Å². The van der Waals surface area contributed by atoms with Crippen molar-refractivity contribution < 1.29 is 23.7 Å². The van der Waals surface area contributed by atoms with Gasteiger partial charge in [-0.25, -0.2) is 0 Å². The fourth-order valence-electron chi connectivity index (χ4n) is 2.95. The maximum atomic E-state index is 5.66. The zero-order valence-electron chi connectivity index (χ0n) is 10.8. The van der Waals surface area contributed by atoms with Crippen LogP contribution in [0.1, 0.15) is 12.8 Å². The van der Waals surface area contributed by atoms with Crippen LogP contribution in [-0.4, -0.2) is 53.2 Å². The summed E-state index contributed by atoms with van der Waals surface area (Å²) in [6.07, 6.45) is 1.65. The van der Waals surface area contributed by atoms with Gasteiger partial charge in [-0.05, 0) is 12.8 Å². The van der Waals surface area contributed by atoms with E-state index in [1.807, 2.05) is 0 Å². The molecular formula is C12H22O5. The minimum Gasteiger partial charge on any atom is -0.380 e. The van der Waals surface area contributed by atoms with E-state index in [0.717, 1.165) is 26.1 Å². The number of methoxy groups -OCH3 is 3. The Morgan fingerprint density at radius 2 is 1.35 bits per heavy atom. The second kappa shape index (κ2) is 6.11. The van der Waals surface area contributed by atoms with E-state index < -0.39 is 0 Å². The molecule has 0 radical (unpaired) electrons. The molecule has 0 aromatic carbocycles. The molecule has 100 valence electrons. The van der Waals surface area contributed by atoms with E-state index >= 15 is 0 Å². The predicted molar refractivity (Wildman–Crippen MR) is 60.5 cm³/mol. The first-order valence-corrected chi connectivity index (χ1v) is 6.13. The van der Waals surface area contributed by atoms with E-state index in [-0.39, 0.29) is 30.5 Å². The first-order valence-electron chi connectivity index (χ1n) is 6.13. The second-order valence-corrected chi connectivity index (χ2v) is 4.56. The van der Waals surface area contributed by atoms with Crippen LogP contribution in [0.3, 0.4) is 0 Å². The Morgan fingerprint density at radius 3 is 1.71 bits per heavy atom. The Morgan fingerprint density at radius 1 is 0.882 bits per heavy atom. The molecule has 2 heterocycles. The summed E-state index contributed by atoms with van der Waals surface area (Å²) in [5.74, 6) is 0.517. The van der Waals surface area contributed by atoms with Crippen LogP contribution in [0, 0.1) is 11.8 Å². The summed E-state index contributed by atoms with van der Waals surface area (Å²) in [6, 6.07) is 0. The third-order valence-corrected chi connectivity index (χ3v) is 3.75. The molecule has 5 nitrogen and oxygen atoms in total. The van der Waals surface area contributed by atoms with Crippen LogP contribution in [0.4, 0.5) is 0 Å². The van der Waals surface area contributed by atoms with Crippen molar-refractivity contribution in [3.8, 4) is 0 Å². The average molecular weight is 246 g/mol. The molecule has 4 atom stereocenters. The maximum absolute atomic E-state index is 5.66. The Hall–Kier alpha value is -0.200. The standard InChI is InChI=1S/C12H22O5/c1-13-10(8-4-6-16-11(8)14-2)9-5-7-17-12(9)15-3/h8-12H,4-7H2,1-3H3. The normalized spacial score (nSPS) is 39.7. The lowest BCUT2D eigenvalue weighted by atomic mass is 9.87. The molecule has 2 aliphatic rings. The zero-order valence-corrected chi connectivity index (χ0v) is 10.8.